The van der Waals surface area contributed by atoms with E-state index in [1.807, 2.05) is 24.4 Å². The summed E-state index contributed by atoms with van der Waals surface area (Å²) in [5.74, 6) is 1.39. The average molecular weight is 449 g/mol. The summed E-state index contributed by atoms with van der Waals surface area (Å²) in [6.07, 6.45) is 11.5. The van der Waals surface area contributed by atoms with Crippen molar-refractivity contribution in [1.29, 1.82) is 0 Å². The Morgan fingerprint density at radius 3 is 2.74 bits per heavy atom. The topological polar surface area (TPSA) is 84.1 Å². The van der Waals surface area contributed by atoms with Crippen molar-refractivity contribution in [3.05, 3.63) is 66.4 Å². The van der Waals surface area contributed by atoms with Gasteiger partial charge in [-0.1, -0.05) is 6.07 Å². The van der Waals surface area contributed by atoms with Gasteiger partial charge in [0, 0.05) is 48.3 Å². The summed E-state index contributed by atoms with van der Waals surface area (Å²) in [7, 11) is 0. The number of pyridine rings is 1. The molecular formula is C26H24N8. The Hall–Kier alpha value is -4.07. The maximum absolute atomic E-state index is 4.77. The van der Waals surface area contributed by atoms with E-state index in [9.17, 15) is 0 Å². The number of anilines is 3. The zero-order valence-corrected chi connectivity index (χ0v) is 18.8. The predicted octanol–water partition coefficient (Wildman–Crippen LogP) is 4.57. The van der Waals surface area contributed by atoms with Gasteiger partial charge in [-0.3, -0.25) is 0 Å². The van der Waals surface area contributed by atoms with E-state index < -0.39 is 0 Å². The van der Waals surface area contributed by atoms with Gasteiger partial charge in [-0.15, -0.1) is 0 Å². The van der Waals surface area contributed by atoms with Gasteiger partial charge in [-0.2, -0.15) is 0 Å². The zero-order valence-electron chi connectivity index (χ0n) is 18.8. The highest BCUT2D eigenvalue weighted by Crippen LogP contribution is 2.27. The molecule has 5 heterocycles. The molecule has 1 saturated heterocycles. The number of hydrogen-bond acceptors (Lipinski definition) is 7. The number of rotatable bonds is 4. The lowest BCUT2D eigenvalue weighted by Gasteiger charge is -2.15. The van der Waals surface area contributed by atoms with Crippen LogP contribution in [-0.4, -0.2) is 42.4 Å². The summed E-state index contributed by atoms with van der Waals surface area (Å²) in [5, 5.41) is 4.37. The minimum absolute atomic E-state index is 0.564. The van der Waals surface area contributed by atoms with Crippen LogP contribution >= 0.6 is 0 Å². The van der Waals surface area contributed by atoms with E-state index in [-0.39, 0.29) is 0 Å². The Morgan fingerprint density at radius 1 is 0.853 bits per heavy atom. The molecule has 0 amide bonds. The molecule has 1 N–H and O–H groups in total. The van der Waals surface area contributed by atoms with Crippen molar-refractivity contribution < 1.29 is 0 Å². The largest absolute Gasteiger partial charge is 0.341 e. The van der Waals surface area contributed by atoms with E-state index in [2.05, 4.69) is 49.0 Å². The van der Waals surface area contributed by atoms with Crippen molar-refractivity contribution in [3.8, 4) is 11.3 Å². The van der Waals surface area contributed by atoms with Crippen LogP contribution in [0.2, 0.25) is 0 Å². The SMILES string of the molecule is c1cc(-c2ccc3nc(N4CCCC4)ncc3c2)nc(Nc2ccc3nc4c(n3c2)CCC4)n1. The molecule has 0 spiro atoms. The number of fused-ring (bicyclic) bond motifs is 4. The van der Waals surface area contributed by atoms with Crippen LogP contribution in [0, 0.1) is 0 Å². The molecule has 1 aromatic carbocycles. The van der Waals surface area contributed by atoms with Crippen LogP contribution in [0.1, 0.15) is 30.7 Å². The van der Waals surface area contributed by atoms with Crippen molar-refractivity contribution in [2.24, 2.45) is 0 Å². The van der Waals surface area contributed by atoms with Crippen LogP contribution in [0.4, 0.5) is 17.6 Å². The molecule has 168 valence electrons. The highest BCUT2D eigenvalue weighted by atomic mass is 15.3. The van der Waals surface area contributed by atoms with Gasteiger partial charge in [0.15, 0.2) is 0 Å². The lowest BCUT2D eigenvalue weighted by molar-refractivity contribution is 0.869. The van der Waals surface area contributed by atoms with Crippen molar-refractivity contribution in [1.82, 2.24) is 29.3 Å². The number of nitrogens with zero attached hydrogens (tertiary/aromatic N) is 7. The van der Waals surface area contributed by atoms with E-state index in [0.29, 0.717) is 5.95 Å². The molecule has 0 radical (unpaired) electrons. The number of aryl methyl sites for hydroxylation is 2. The summed E-state index contributed by atoms with van der Waals surface area (Å²) in [6.45, 7) is 2.08. The molecule has 8 nitrogen and oxygen atoms in total. The molecule has 0 saturated carbocycles. The number of imidazole rings is 1. The molecule has 2 aliphatic rings. The van der Waals surface area contributed by atoms with Crippen LogP contribution in [-0.2, 0) is 12.8 Å². The molecule has 0 atom stereocenters. The fraction of sp³-hybridized carbons (Fsp3) is 0.269. The molecule has 8 heteroatoms. The molecule has 4 aromatic heterocycles. The third-order valence-corrected chi connectivity index (χ3v) is 6.79. The van der Waals surface area contributed by atoms with Gasteiger partial charge in [0.2, 0.25) is 11.9 Å². The van der Waals surface area contributed by atoms with Crippen LogP contribution < -0.4 is 10.2 Å². The summed E-state index contributed by atoms with van der Waals surface area (Å²) in [4.78, 5) is 25.6. The first-order chi connectivity index (χ1) is 16.8. The fourth-order valence-electron chi connectivity index (χ4n) is 5.07. The number of nitrogens with one attached hydrogen (secondary N) is 1. The first-order valence-corrected chi connectivity index (χ1v) is 11.9. The molecular weight excluding hydrogens is 424 g/mol. The van der Waals surface area contributed by atoms with Gasteiger partial charge >= 0.3 is 0 Å². The van der Waals surface area contributed by atoms with E-state index >= 15 is 0 Å². The van der Waals surface area contributed by atoms with Crippen LogP contribution in [0.5, 0.6) is 0 Å². The lowest BCUT2D eigenvalue weighted by Crippen LogP contribution is -2.20. The predicted molar refractivity (Wildman–Crippen MR) is 133 cm³/mol. The second-order valence-electron chi connectivity index (χ2n) is 9.03. The molecule has 0 bridgehead atoms. The Bertz CT molecular complexity index is 1530. The van der Waals surface area contributed by atoms with Gasteiger partial charge in [0.25, 0.3) is 0 Å². The highest BCUT2D eigenvalue weighted by molar-refractivity contribution is 5.84. The van der Waals surface area contributed by atoms with E-state index in [1.54, 1.807) is 6.20 Å². The fourth-order valence-corrected chi connectivity index (χ4v) is 5.07. The summed E-state index contributed by atoms with van der Waals surface area (Å²) >= 11 is 0. The number of aromatic nitrogens is 6. The molecule has 1 fully saturated rings. The number of benzene rings is 1. The van der Waals surface area contributed by atoms with Crippen molar-refractivity contribution >= 4 is 34.1 Å². The normalized spacial score (nSPS) is 15.4. The van der Waals surface area contributed by atoms with Gasteiger partial charge in [-0.05, 0) is 62.4 Å². The van der Waals surface area contributed by atoms with Crippen LogP contribution in [0.3, 0.4) is 0 Å². The molecule has 5 aromatic rings. The van der Waals surface area contributed by atoms with Crippen molar-refractivity contribution in [2.75, 3.05) is 23.3 Å². The third kappa shape index (κ3) is 3.34. The summed E-state index contributed by atoms with van der Waals surface area (Å²) < 4.78 is 2.19. The van der Waals surface area contributed by atoms with Gasteiger partial charge in [0.1, 0.15) is 5.65 Å². The highest BCUT2D eigenvalue weighted by Gasteiger charge is 2.18. The summed E-state index contributed by atoms with van der Waals surface area (Å²) in [5.41, 5.74) is 7.30. The molecule has 1 aliphatic heterocycles. The third-order valence-electron chi connectivity index (χ3n) is 6.79. The minimum atomic E-state index is 0.564. The Morgan fingerprint density at radius 2 is 1.79 bits per heavy atom. The molecule has 34 heavy (non-hydrogen) atoms. The maximum Gasteiger partial charge on any atom is 0.227 e. The summed E-state index contributed by atoms with van der Waals surface area (Å²) in [6, 6.07) is 12.2. The average Bonchev–Trinajstić information content (AvgIpc) is 3.62. The van der Waals surface area contributed by atoms with Gasteiger partial charge in [-0.25, -0.2) is 24.9 Å². The lowest BCUT2D eigenvalue weighted by atomic mass is 10.1. The van der Waals surface area contributed by atoms with Crippen LogP contribution in [0.25, 0.3) is 27.8 Å². The Balaban J connectivity index is 1.17. The zero-order chi connectivity index (χ0) is 22.5. The molecule has 7 rings (SSSR count). The first kappa shape index (κ1) is 19.4. The van der Waals surface area contributed by atoms with Crippen molar-refractivity contribution in [2.45, 2.75) is 32.1 Å². The second kappa shape index (κ2) is 7.76. The first-order valence-electron chi connectivity index (χ1n) is 11.9. The van der Waals surface area contributed by atoms with E-state index in [1.165, 1.54) is 30.7 Å². The Labute approximate surface area is 196 Å². The van der Waals surface area contributed by atoms with Crippen molar-refractivity contribution in [3.63, 3.8) is 0 Å². The van der Waals surface area contributed by atoms with Gasteiger partial charge < -0.3 is 14.6 Å². The smallest absolute Gasteiger partial charge is 0.227 e. The van der Waals surface area contributed by atoms with Crippen LogP contribution in [0.15, 0.2) is 55.0 Å². The van der Waals surface area contributed by atoms with E-state index in [0.717, 1.165) is 65.4 Å². The molecule has 0 unspecified atom stereocenters. The quantitative estimate of drug-likeness (QED) is 0.431. The minimum Gasteiger partial charge on any atom is -0.341 e. The Kier molecular flexibility index (Phi) is 4.43. The van der Waals surface area contributed by atoms with E-state index in [4.69, 9.17) is 15.0 Å². The van der Waals surface area contributed by atoms with Gasteiger partial charge in [0.05, 0.1) is 22.6 Å². The second-order valence-corrected chi connectivity index (χ2v) is 9.03. The molecule has 1 aliphatic carbocycles. The number of hydrogen-bond donors (Lipinski definition) is 1. The standard InChI is InChI=1S/C26H24N8/c1-2-13-33(12-1)26-28-15-18-14-17(6-8-20(18)32-26)21-10-11-27-25(31-21)29-19-7-9-24-30-22-4-3-5-23(22)34(24)16-19/h6-11,14-16H,1-5,12-13H2,(H,27,29,31). The maximum atomic E-state index is 4.77. The monoisotopic (exact) mass is 448 g/mol.